The van der Waals surface area contributed by atoms with Crippen LogP contribution in [0, 0.1) is 25.7 Å². The van der Waals surface area contributed by atoms with Crippen molar-refractivity contribution in [3.05, 3.63) is 33.7 Å². The molecule has 0 bridgehead atoms. The summed E-state index contributed by atoms with van der Waals surface area (Å²) in [6, 6.07) is 3.80. The standard InChI is InChI=1S/C9H11NO/c1-6-4-8(3)9(10-11)5-7(6)2/h4-5H,1-3H3. The highest BCUT2D eigenvalue weighted by Crippen LogP contribution is 2.21. The fourth-order valence-electron chi connectivity index (χ4n) is 1.04. The molecular weight excluding hydrogens is 138 g/mol. The Hall–Kier alpha value is -1.18. The molecule has 2 heteroatoms. The summed E-state index contributed by atoms with van der Waals surface area (Å²) in [7, 11) is 0. The van der Waals surface area contributed by atoms with E-state index in [4.69, 9.17) is 0 Å². The summed E-state index contributed by atoms with van der Waals surface area (Å²) in [5, 5.41) is 2.92. The molecule has 0 amide bonds. The molecule has 0 aliphatic rings. The van der Waals surface area contributed by atoms with Crippen molar-refractivity contribution in [2.45, 2.75) is 20.8 Å². The highest BCUT2D eigenvalue weighted by molar-refractivity contribution is 5.50. The Bertz CT molecular complexity index is 292. The number of nitrogens with zero attached hydrogens (tertiary/aromatic N) is 1. The Kier molecular flexibility index (Phi) is 2.03. The number of hydrogen-bond donors (Lipinski definition) is 0. The predicted molar refractivity (Wildman–Crippen MR) is 46.1 cm³/mol. The Morgan fingerprint density at radius 3 is 2.09 bits per heavy atom. The van der Waals surface area contributed by atoms with Crippen LogP contribution in [0.4, 0.5) is 5.69 Å². The SMILES string of the molecule is Cc1cc(C)c(N=O)cc1C. The van der Waals surface area contributed by atoms with Gasteiger partial charge in [-0.05, 0) is 48.7 Å². The van der Waals surface area contributed by atoms with Gasteiger partial charge in [-0.1, -0.05) is 6.07 Å². The van der Waals surface area contributed by atoms with Crippen molar-refractivity contribution in [2.24, 2.45) is 5.18 Å². The minimum absolute atomic E-state index is 0.549. The molecule has 0 aliphatic carbocycles. The maximum atomic E-state index is 10.2. The van der Waals surface area contributed by atoms with E-state index < -0.39 is 0 Å². The van der Waals surface area contributed by atoms with E-state index in [1.54, 1.807) is 0 Å². The normalized spacial score (nSPS) is 9.73. The first kappa shape index (κ1) is 7.92. The van der Waals surface area contributed by atoms with Crippen molar-refractivity contribution >= 4 is 5.69 Å². The zero-order valence-corrected chi connectivity index (χ0v) is 7.01. The lowest BCUT2D eigenvalue weighted by molar-refractivity contribution is 1.27. The van der Waals surface area contributed by atoms with Crippen molar-refractivity contribution in [1.29, 1.82) is 0 Å². The lowest BCUT2D eigenvalue weighted by Crippen LogP contribution is -1.82. The van der Waals surface area contributed by atoms with Crippen LogP contribution >= 0.6 is 0 Å². The highest BCUT2D eigenvalue weighted by atomic mass is 16.3. The minimum atomic E-state index is 0.549. The molecule has 0 spiro atoms. The summed E-state index contributed by atoms with van der Waals surface area (Å²) in [6.07, 6.45) is 0. The number of benzene rings is 1. The summed E-state index contributed by atoms with van der Waals surface area (Å²) < 4.78 is 0. The fourth-order valence-corrected chi connectivity index (χ4v) is 1.04. The average molecular weight is 149 g/mol. The van der Waals surface area contributed by atoms with Gasteiger partial charge in [-0.3, -0.25) is 0 Å². The van der Waals surface area contributed by atoms with Gasteiger partial charge in [-0.15, -0.1) is 4.91 Å². The zero-order valence-electron chi connectivity index (χ0n) is 7.01. The Morgan fingerprint density at radius 1 is 1.00 bits per heavy atom. The van der Waals surface area contributed by atoms with Crippen molar-refractivity contribution in [1.82, 2.24) is 0 Å². The van der Waals surface area contributed by atoms with E-state index in [0.717, 1.165) is 11.1 Å². The van der Waals surface area contributed by atoms with Crippen LogP contribution in [0.2, 0.25) is 0 Å². The molecule has 0 heterocycles. The maximum Gasteiger partial charge on any atom is 0.111 e. The summed E-state index contributed by atoms with van der Waals surface area (Å²) in [4.78, 5) is 10.2. The van der Waals surface area contributed by atoms with Gasteiger partial charge in [0, 0.05) is 0 Å². The Morgan fingerprint density at radius 2 is 1.55 bits per heavy atom. The quantitative estimate of drug-likeness (QED) is 0.564. The van der Waals surface area contributed by atoms with Crippen molar-refractivity contribution in [3.8, 4) is 0 Å². The van der Waals surface area contributed by atoms with Crippen LogP contribution < -0.4 is 0 Å². The Labute approximate surface area is 66.2 Å². The largest absolute Gasteiger partial charge is 0.145 e. The molecule has 0 aromatic heterocycles. The molecule has 0 fully saturated rings. The van der Waals surface area contributed by atoms with Crippen LogP contribution in [0.3, 0.4) is 0 Å². The van der Waals surface area contributed by atoms with Crippen molar-refractivity contribution < 1.29 is 0 Å². The molecule has 0 unspecified atom stereocenters. The van der Waals surface area contributed by atoms with Gasteiger partial charge in [-0.25, -0.2) is 0 Å². The summed E-state index contributed by atoms with van der Waals surface area (Å²) >= 11 is 0. The lowest BCUT2D eigenvalue weighted by atomic mass is 10.1. The predicted octanol–water partition coefficient (Wildman–Crippen LogP) is 3.01. The van der Waals surface area contributed by atoms with Crippen LogP contribution in [0.25, 0.3) is 0 Å². The van der Waals surface area contributed by atoms with E-state index in [2.05, 4.69) is 5.18 Å². The molecule has 0 saturated heterocycles. The van der Waals surface area contributed by atoms with E-state index in [-0.39, 0.29) is 0 Å². The molecule has 1 aromatic carbocycles. The van der Waals surface area contributed by atoms with Crippen molar-refractivity contribution in [3.63, 3.8) is 0 Å². The van der Waals surface area contributed by atoms with Gasteiger partial charge in [0.2, 0.25) is 0 Å². The monoisotopic (exact) mass is 149 g/mol. The first-order chi connectivity index (χ1) is 5.15. The highest BCUT2D eigenvalue weighted by Gasteiger charge is 2.00. The number of hydrogen-bond acceptors (Lipinski definition) is 2. The topological polar surface area (TPSA) is 29.4 Å². The molecule has 58 valence electrons. The van der Waals surface area contributed by atoms with Crippen LogP contribution in [-0.4, -0.2) is 0 Å². The fraction of sp³-hybridized carbons (Fsp3) is 0.333. The third kappa shape index (κ3) is 1.45. The molecular formula is C9H11NO. The second kappa shape index (κ2) is 2.82. The summed E-state index contributed by atoms with van der Waals surface area (Å²) in [5.41, 5.74) is 3.82. The van der Waals surface area contributed by atoms with E-state index in [1.807, 2.05) is 32.9 Å². The third-order valence-corrected chi connectivity index (χ3v) is 1.91. The van der Waals surface area contributed by atoms with Crippen LogP contribution in [0.15, 0.2) is 17.3 Å². The second-order valence-corrected chi connectivity index (χ2v) is 2.81. The summed E-state index contributed by atoms with van der Waals surface area (Å²) in [5.74, 6) is 0. The number of aryl methyl sites for hydroxylation is 3. The lowest BCUT2D eigenvalue weighted by Gasteiger charge is -2.02. The molecule has 0 aliphatic heterocycles. The summed E-state index contributed by atoms with van der Waals surface area (Å²) in [6.45, 7) is 5.89. The molecule has 1 aromatic rings. The van der Waals surface area contributed by atoms with Crippen molar-refractivity contribution in [2.75, 3.05) is 0 Å². The van der Waals surface area contributed by atoms with E-state index in [1.165, 1.54) is 5.56 Å². The van der Waals surface area contributed by atoms with E-state index in [9.17, 15) is 4.91 Å². The van der Waals surface area contributed by atoms with E-state index in [0.29, 0.717) is 5.69 Å². The van der Waals surface area contributed by atoms with Crippen LogP contribution in [0.5, 0.6) is 0 Å². The minimum Gasteiger partial charge on any atom is -0.145 e. The molecule has 0 radical (unpaired) electrons. The van der Waals surface area contributed by atoms with Gasteiger partial charge in [0.15, 0.2) is 0 Å². The van der Waals surface area contributed by atoms with Crippen LogP contribution in [-0.2, 0) is 0 Å². The van der Waals surface area contributed by atoms with Gasteiger partial charge >= 0.3 is 0 Å². The van der Waals surface area contributed by atoms with E-state index >= 15 is 0 Å². The van der Waals surface area contributed by atoms with Crippen LogP contribution in [0.1, 0.15) is 16.7 Å². The molecule has 0 saturated carbocycles. The number of nitroso groups, excluding NO2 is 1. The molecule has 0 atom stereocenters. The van der Waals surface area contributed by atoms with Gasteiger partial charge in [-0.2, -0.15) is 0 Å². The second-order valence-electron chi connectivity index (χ2n) is 2.81. The smallest absolute Gasteiger partial charge is 0.111 e. The zero-order chi connectivity index (χ0) is 8.43. The van der Waals surface area contributed by atoms with Gasteiger partial charge in [0.25, 0.3) is 0 Å². The molecule has 1 rings (SSSR count). The molecule has 0 N–H and O–H groups in total. The molecule has 2 nitrogen and oxygen atoms in total. The Balaban J connectivity index is 3.31. The van der Waals surface area contributed by atoms with Gasteiger partial charge < -0.3 is 0 Å². The van der Waals surface area contributed by atoms with Gasteiger partial charge in [0.1, 0.15) is 5.69 Å². The third-order valence-electron chi connectivity index (χ3n) is 1.91. The first-order valence-electron chi connectivity index (χ1n) is 3.56. The first-order valence-corrected chi connectivity index (χ1v) is 3.56. The average Bonchev–Trinajstić information content (AvgIpc) is 1.97. The molecule has 11 heavy (non-hydrogen) atoms. The maximum absolute atomic E-state index is 10.2. The van der Waals surface area contributed by atoms with Gasteiger partial charge in [0.05, 0.1) is 0 Å². The number of rotatable bonds is 1.